The van der Waals surface area contributed by atoms with E-state index in [1.54, 1.807) is 7.11 Å². The van der Waals surface area contributed by atoms with Crippen LogP contribution in [0.4, 0.5) is 0 Å². The molecule has 1 aromatic carbocycles. The minimum absolute atomic E-state index is 0.162. The molecule has 1 saturated heterocycles. The predicted molar refractivity (Wildman–Crippen MR) is 85.7 cm³/mol. The van der Waals surface area contributed by atoms with Gasteiger partial charge in [0.25, 0.3) is 0 Å². The molecule has 2 aromatic rings. The molecule has 0 spiro atoms. The molecule has 3 rings (SSSR count). The summed E-state index contributed by atoms with van der Waals surface area (Å²) >= 11 is 0. The van der Waals surface area contributed by atoms with E-state index in [2.05, 4.69) is 42.3 Å². The van der Waals surface area contributed by atoms with E-state index >= 15 is 0 Å². The lowest BCUT2D eigenvalue weighted by atomic mass is 10.00. The minimum Gasteiger partial charge on any atom is -0.494 e. The second-order valence-electron chi connectivity index (χ2n) is 6.25. The number of fused-ring (bicyclic) bond motifs is 1. The van der Waals surface area contributed by atoms with E-state index in [0.29, 0.717) is 0 Å². The second kappa shape index (κ2) is 5.62. The maximum atomic E-state index is 5.43. The minimum atomic E-state index is 0.162. The Morgan fingerprint density at radius 3 is 2.90 bits per heavy atom. The molecular formula is C17H23N3O. The van der Waals surface area contributed by atoms with Gasteiger partial charge in [-0.25, -0.2) is 4.98 Å². The van der Waals surface area contributed by atoms with Crippen LogP contribution in [0.3, 0.4) is 0 Å². The van der Waals surface area contributed by atoms with Crippen LogP contribution in [0.5, 0.6) is 5.75 Å². The molecule has 4 nitrogen and oxygen atoms in total. The molecule has 4 heteroatoms. The Kier molecular flexibility index (Phi) is 3.83. The van der Waals surface area contributed by atoms with Gasteiger partial charge < -0.3 is 10.1 Å². The number of ether oxygens (including phenoxy) is 1. The molecule has 1 aliphatic rings. The van der Waals surface area contributed by atoms with Gasteiger partial charge in [-0.1, -0.05) is 18.2 Å². The number of hydrogen-bond acceptors (Lipinski definition) is 4. The largest absolute Gasteiger partial charge is 0.494 e. The van der Waals surface area contributed by atoms with Gasteiger partial charge >= 0.3 is 0 Å². The lowest BCUT2D eigenvalue weighted by Gasteiger charge is -2.42. The van der Waals surface area contributed by atoms with Crippen LogP contribution >= 0.6 is 0 Å². The van der Waals surface area contributed by atoms with Gasteiger partial charge in [0, 0.05) is 37.1 Å². The van der Waals surface area contributed by atoms with Crippen LogP contribution in [0.1, 0.15) is 19.5 Å². The summed E-state index contributed by atoms with van der Waals surface area (Å²) in [6.45, 7) is 8.55. The number of aromatic nitrogens is 1. The number of nitrogens with one attached hydrogen (secondary N) is 1. The summed E-state index contributed by atoms with van der Waals surface area (Å²) in [4.78, 5) is 7.31. The van der Waals surface area contributed by atoms with Crippen LogP contribution in [0.25, 0.3) is 10.9 Å². The summed E-state index contributed by atoms with van der Waals surface area (Å²) in [6.07, 6.45) is 0. The first-order valence-corrected chi connectivity index (χ1v) is 7.48. The second-order valence-corrected chi connectivity index (χ2v) is 6.25. The highest BCUT2D eigenvalue weighted by Gasteiger charge is 2.29. The smallest absolute Gasteiger partial charge is 0.145 e. The molecule has 0 bridgehead atoms. The van der Waals surface area contributed by atoms with Crippen LogP contribution in [-0.2, 0) is 6.54 Å². The van der Waals surface area contributed by atoms with Crippen LogP contribution < -0.4 is 10.1 Å². The molecule has 1 fully saturated rings. The van der Waals surface area contributed by atoms with Crippen LogP contribution in [0, 0.1) is 0 Å². The third-order valence-electron chi connectivity index (χ3n) is 4.29. The fourth-order valence-corrected chi connectivity index (χ4v) is 2.92. The highest BCUT2D eigenvalue weighted by molar-refractivity contribution is 5.84. The Labute approximate surface area is 126 Å². The SMILES string of the molecule is COc1cccc2ccc(CN3CCNCC3(C)C)nc12. The van der Waals surface area contributed by atoms with Crippen molar-refractivity contribution in [1.29, 1.82) is 0 Å². The van der Waals surface area contributed by atoms with E-state index in [9.17, 15) is 0 Å². The predicted octanol–water partition coefficient (Wildman–Crippen LogP) is 2.43. The maximum Gasteiger partial charge on any atom is 0.145 e. The zero-order valence-corrected chi connectivity index (χ0v) is 13.0. The molecule has 0 atom stereocenters. The molecule has 0 saturated carbocycles. The van der Waals surface area contributed by atoms with Crippen LogP contribution in [0.15, 0.2) is 30.3 Å². The lowest BCUT2D eigenvalue weighted by molar-refractivity contribution is 0.0815. The molecule has 2 heterocycles. The fraction of sp³-hybridized carbons (Fsp3) is 0.471. The Hall–Kier alpha value is -1.65. The van der Waals surface area contributed by atoms with Gasteiger partial charge in [0.15, 0.2) is 0 Å². The van der Waals surface area contributed by atoms with E-state index in [1.165, 1.54) is 0 Å². The van der Waals surface area contributed by atoms with Crippen molar-refractivity contribution in [2.75, 3.05) is 26.7 Å². The molecule has 1 N–H and O–H groups in total. The molecule has 1 aromatic heterocycles. The van der Waals surface area contributed by atoms with Crippen molar-refractivity contribution in [2.24, 2.45) is 0 Å². The normalized spacial score (nSPS) is 18.8. The van der Waals surface area contributed by atoms with Crippen molar-refractivity contribution in [3.05, 3.63) is 36.0 Å². The summed E-state index contributed by atoms with van der Waals surface area (Å²) in [7, 11) is 1.70. The molecule has 0 amide bonds. The van der Waals surface area contributed by atoms with Crippen LogP contribution in [0.2, 0.25) is 0 Å². The summed E-state index contributed by atoms with van der Waals surface area (Å²) in [5.41, 5.74) is 2.21. The molecule has 21 heavy (non-hydrogen) atoms. The van der Waals surface area contributed by atoms with E-state index in [-0.39, 0.29) is 5.54 Å². The lowest BCUT2D eigenvalue weighted by Crippen LogP contribution is -2.57. The Morgan fingerprint density at radius 1 is 1.29 bits per heavy atom. The number of methoxy groups -OCH3 is 1. The topological polar surface area (TPSA) is 37.4 Å². The van der Waals surface area contributed by atoms with Gasteiger partial charge in [0.1, 0.15) is 11.3 Å². The van der Waals surface area contributed by atoms with E-state index in [0.717, 1.165) is 48.5 Å². The van der Waals surface area contributed by atoms with Gasteiger partial charge in [-0.2, -0.15) is 0 Å². The van der Waals surface area contributed by atoms with E-state index in [1.807, 2.05) is 12.1 Å². The van der Waals surface area contributed by atoms with Gasteiger partial charge in [0.05, 0.1) is 12.8 Å². The van der Waals surface area contributed by atoms with Crippen molar-refractivity contribution in [3.8, 4) is 5.75 Å². The Morgan fingerprint density at radius 2 is 2.14 bits per heavy atom. The highest BCUT2D eigenvalue weighted by atomic mass is 16.5. The quantitative estimate of drug-likeness (QED) is 0.940. The van der Waals surface area contributed by atoms with Crippen molar-refractivity contribution in [3.63, 3.8) is 0 Å². The first-order chi connectivity index (χ1) is 10.1. The first-order valence-electron chi connectivity index (χ1n) is 7.48. The Balaban J connectivity index is 1.90. The number of pyridine rings is 1. The summed E-state index contributed by atoms with van der Waals surface area (Å²) in [5, 5.41) is 4.58. The monoisotopic (exact) mass is 285 g/mol. The number of nitrogens with zero attached hydrogens (tertiary/aromatic N) is 2. The average Bonchev–Trinajstić information content (AvgIpc) is 2.48. The zero-order valence-electron chi connectivity index (χ0n) is 13.0. The molecule has 0 aliphatic carbocycles. The maximum absolute atomic E-state index is 5.43. The first kappa shape index (κ1) is 14.3. The van der Waals surface area contributed by atoms with Gasteiger partial charge in [-0.05, 0) is 26.0 Å². The molecule has 0 unspecified atom stereocenters. The number of benzene rings is 1. The molecule has 112 valence electrons. The van der Waals surface area contributed by atoms with Gasteiger partial charge in [0.2, 0.25) is 0 Å². The highest BCUT2D eigenvalue weighted by Crippen LogP contribution is 2.25. The van der Waals surface area contributed by atoms with Crippen molar-refractivity contribution in [1.82, 2.24) is 15.2 Å². The fourth-order valence-electron chi connectivity index (χ4n) is 2.92. The third-order valence-corrected chi connectivity index (χ3v) is 4.29. The Bertz CT molecular complexity index is 639. The van der Waals surface area contributed by atoms with Gasteiger partial charge in [-0.3, -0.25) is 4.90 Å². The van der Waals surface area contributed by atoms with Gasteiger partial charge in [-0.15, -0.1) is 0 Å². The molecule has 0 radical (unpaired) electrons. The average molecular weight is 285 g/mol. The standard InChI is InChI=1S/C17H23N3O/c1-17(2)12-18-9-10-20(17)11-14-8-7-13-5-4-6-15(21-3)16(13)19-14/h4-8,18H,9-12H2,1-3H3. The number of para-hydroxylation sites is 1. The number of hydrogen-bond donors (Lipinski definition) is 1. The zero-order chi connectivity index (χ0) is 14.9. The van der Waals surface area contributed by atoms with E-state index in [4.69, 9.17) is 9.72 Å². The third kappa shape index (κ3) is 2.87. The van der Waals surface area contributed by atoms with Crippen LogP contribution in [-0.4, -0.2) is 42.2 Å². The van der Waals surface area contributed by atoms with Crippen molar-refractivity contribution in [2.45, 2.75) is 25.9 Å². The molecule has 1 aliphatic heterocycles. The van der Waals surface area contributed by atoms with Crippen molar-refractivity contribution < 1.29 is 4.74 Å². The summed E-state index contributed by atoms with van der Waals surface area (Å²) in [5.74, 6) is 0.842. The molecular weight excluding hydrogens is 262 g/mol. The van der Waals surface area contributed by atoms with Crippen molar-refractivity contribution >= 4 is 10.9 Å². The number of piperazine rings is 1. The summed E-state index contributed by atoms with van der Waals surface area (Å²) in [6, 6.07) is 10.3. The number of rotatable bonds is 3. The van der Waals surface area contributed by atoms with E-state index < -0.39 is 0 Å². The summed E-state index contributed by atoms with van der Waals surface area (Å²) < 4.78 is 5.43.